The van der Waals surface area contributed by atoms with E-state index in [1.807, 2.05) is 0 Å². The van der Waals surface area contributed by atoms with Crippen LogP contribution in [0.1, 0.15) is 97.8 Å². The first kappa shape index (κ1) is 26.4. The highest BCUT2D eigenvalue weighted by atomic mass is 28.4. The zero-order valence-electron chi connectivity index (χ0n) is 19.3. The minimum absolute atomic E-state index is 0.702. The summed E-state index contributed by atoms with van der Waals surface area (Å²) in [6.45, 7) is 17.9. The molecule has 0 heterocycles. The lowest BCUT2D eigenvalue weighted by Gasteiger charge is -2.41. The van der Waals surface area contributed by atoms with Gasteiger partial charge in [-0.15, -0.1) is 0 Å². The van der Waals surface area contributed by atoms with E-state index in [1.54, 1.807) is 0 Å². The Morgan fingerprint density at radius 2 is 0.885 bits per heavy atom. The minimum atomic E-state index is -1.67. The van der Waals surface area contributed by atoms with Crippen LogP contribution in [0.5, 0.6) is 0 Å². The summed E-state index contributed by atoms with van der Waals surface area (Å²) in [5.74, 6) is 0. The largest absolute Gasteiger partial charge is 0.418 e. The fraction of sp³-hybridized carbons (Fsp3) is 1.00. The van der Waals surface area contributed by atoms with Gasteiger partial charge in [0.1, 0.15) is 0 Å². The van der Waals surface area contributed by atoms with Crippen LogP contribution in [0.4, 0.5) is 0 Å². The van der Waals surface area contributed by atoms with Crippen LogP contribution in [0.2, 0.25) is 31.4 Å². The molecule has 0 aliphatic carbocycles. The second kappa shape index (κ2) is 15.3. The second-order valence-corrected chi connectivity index (χ2v) is 17.9. The zero-order valence-corrected chi connectivity index (χ0v) is 21.3. The van der Waals surface area contributed by atoms with Crippen molar-refractivity contribution in [2.24, 2.45) is 0 Å². The molecule has 0 rings (SSSR count). The van der Waals surface area contributed by atoms with E-state index >= 15 is 0 Å². The molecule has 2 nitrogen and oxygen atoms in total. The SMILES string of the molecule is CCCCCCCCCCCCCC([Si](C)(C)OCC)[Si](C)(C)OCC. The predicted octanol–water partition coefficient (Wildman–Crippen LogP) is 8.08. The maximum Gasteiger partial charge on any atom is 0.189 e. The summed E-state index contributed by atoms with van der Waals surface area (Å²) < 4.78 is 12.5. The first-order valence-corrected chi connectivity index (χ1v) is 17.6. The Morgan fingerprint density at radius 3 is 1.23 bits per heavy atom. The van der Waals surface area contributed by atoms with E-state index in [0.717, 1.165) is 13.2 Å². The van der Waals surface area contributed by atoms with Crippen molar-refractivity contribution < 1.29 is 8.85 Å². The van der Waals surface area contributed by atoms with Gasteiger partial charge in [-0.05, 0) is 45.2 Å². The van der Waals surface area contributed by atoms with Gasteiger partial charge in [0, 0.05) is 13.2 Å². The molecular weight excluding hydrogens is 352 g/mol. The Kier molecular flexibility index (Phi) is 15.5. The molecule has 0 aromatic carbocycles. The van der Waals surface area contributed by atoms with Gasteiger partial charge in [-0.25, -0.2) is 0 Å². The van der Waals surface area contributed by atoms with Gasteiger partial charge in [0.25, 0.3) is 0 Å². The van der Waals surface area contributed by atoms with E-state index in [1.165, 1.54) is 77.0 Å². The first-order valence-electron chi connectivity index (χ1n) is 11.6. The third kappa shape index (κ3) is 11.9. The van der Waals surface area contributed by atoms with Crippen molar-refractivity contribution in [1.82, 2.24) is 0 Å². The van der Waals surface area contributed by atoms with Crippen LogP contribution >= 0.6 is 0 Å². The quantitative estimate of drug-likeness (QED) is 0.170. The Balaban J connectivity index is 4.08. The lowest BCUT2D eigenvalue weighted by molar-refractivity contribution is 0.299. The van der Waals surface area contributed by atoms with E-state index in [-0.39, 0.29) is 0 Å². The Bertz CT molecular complexity index is 301. The van der Waals surface area contributed by atoms with Gasteiger partial charge < -0.3 is 8.85 Å². The van der Waals surface area contributed by atoms with Gasteiger partial charge in [0.2, 0.25) is 0 Å². The predicted molar refractivity (Wildman–Crippen MR) is 123 cm³/mol. The average Bonchev–Trinajstić information content (AvgIpc) is 2.55. The highest BCUT2D eigenvalue weighted by molar-refractivity contribution is 6.91. The van der Waals surface area contributed by atoms with Crippen LogP contribution in [-0.4, -0.2) is 29.8 Å². The van der Waals surface area contributed by atoms with E-state index < -0.39 is 16.6 Å². The van der Waals surface area contributed by atoms with E-state index in [0.29, 0.717) is 5.16 Å². The smallest absolute Gasteiger partial charge is 0.189 e. The average molecular weight is 403 g/mol. The molecule has 0 bridgehead atoms. The zero-order chi connectivity index (χ0) is 19.9. The van der Waals surface area contributed by atoms with Gasteiger partial charge in [-0.3, -0.25) is 0 Å². The van der Waals surface area contributed by atoms with Crippen LogP contribution in [-0.2, 0) is 8.85 Å². The summed E-state index contributed by atoms with van der Waals surface area (Å²) in [6, 6.07) is 0. The molecular formula is C22H50O2Si2. The van der Waals surface area contributed by atoms with Crippen molar-refractivity contribution in [3.05, 3.63) is 0 Å². The summed E-state index contributed by atoms with van der Waals surface area (Å²) in [4.78, 5) is 0. The molecule has 0 saturated heterocycles. The number of hydrogen-bond acceptors (Lipinski definition) is 2. The van der Waals surface area contributed by atoms with Crippen LogP contribution < -0.4 is 0 Å². The Morgan fingerprint density at radius 1 is 0.538 bits per heavy atom. The molecule has 4 heteroatoms. The van der Waals surface area contributed by atoms with E-state index in [4.69, 9.17) is 8.85 Å². The molecule has 0 atom stereocenters. The number of rotatable bonds is 18. The fourth-order valence-electron chi connectivity index (χ4n) is 4.49. The van der Waals surface area contributed by atoms with Crippen molar-refractivity contribution in [2.45, 2.75) is 129 Å². The second-order valence-electron chi connectivity index (χ2n) is 8.95. The monoisotopic (exact) mass is 402 g/mol. The van der Waals surface area contributed by atoms with Crippen molar-refractivity contribution in [2.75, 3.05) is 13.2 Å². The van der Waals surface area contributed by atoms with Crippen LogP contribution in [0.3, 0.4) is 0 Å². The topological polar surface area (TPSA) is 18.5 Å². The molecule has 0 radical (unpaired) electrons. The highest BCUT2D eigenvalue weighted by Gasteiger charge is 2.45. The molecule has 0 aromatic heterocycles. The van der Waals surface area contributed by atoms with Gasteiger partial charge >= 0.3 is 0 Å². The summed E-state index contributed by atoms with van der Waals surface area (Å²) >= 11 is 0. The van der Waals surface area contributed by atoms with E-state index in [2.05, 4.69) is 47.0 Å². The van der Waals surface area contributed by atoms with Crippen LogP contribution in [0.25, 0.3) is 0 Å². The fourth-order valence-corrected chi connectivity index (χ4v) is 15.4. The lowest BCUT2D eigenvalue weighted by Crippen LogP contribution is -2.51. The molecule has 0 amide bonds. The van der Waals surface area contributed by atoms with Crippen molar-refractivity contribution in [3.8, 4) is 0 Å². The van der Waals surface area contributed by atoms with Gasteiger partial charge in [-0.1, -0.05) is 84.0 Å². The van der Waals surface area contributed by atoms with Gasteiger partial charge in [-0.2, -0.15) is 0 Å². The molecule has 0 aliphatic rings. The van der Waals surface area contributed by atoms with Crippen molar-refractivity contribution >= 4 is 16.6 Å². The van der Waals surface area contributed by atoms with E-state index in [9.17, 15) is 0 Å². The van der Waals surface area contributed by atoms with Crippen molar-refractivity contribution in [1.29, 1.82) is 0 Å². The molecule has 0 unspecified atom stereocenters. The third-order valence-electron chi connectivity index (χ3n) is 5.81. The van der Waals surface area contributed by atoms with Crippen LogP contribution in [0.15, 0.2) is 0 Å². The summed E-state index contributed by atoms with van der Waals surface area (Å²) in [7, 11) is -3.33. The Hall–Kier alpha value is 0.354. The van der Waals surface area contributed by atoms with Gasteiger partial charge in [0.05, 0.1) is 0 Å². The molecule has 26 heavy (non-hydrogen) atoms. The summed E-state index contributed by atoms with van der Waals surface area (Å²) in [6.07, 6.45) is 16.9. The van der Waals surface area contributed by atoms with Gasteiger partial charge in [0.15, 0.2) is 16.6 Å². The molecule has 158 valence electrons. The number of hydrogen-bond donors (Lipinski definition) is 0. The normalized spacial score (nSPS) is 12.9. The molecule has 0 aromatic rings. The standard InChI is InChI=1S/C22H50O2Si2/c1-8-11-12-13-14-15-16-17-18-19-20-21-22(25(4,5)23-9-2)26(6,7)24-10-3/h22H,8-21H2,1-7H3. The molecule has 0 fully saturated rings. The lowest BCUT2D eigenvalue weighted by atomic mass is 10.1. The highest BCUT2D eigenvalue weighted by Crippen LogP contribution is 2.38. The molecule has 0 N–H and O–H groups in total. The maximum atomic E-state index is 6.27. The summed E-state index contributed by atoms with van der Waals surface area (Å²) in [5.41, 5.74) is 0. The molecule has 0 aliphatic heterocycles. The first-order chi connectivity index (χ1) is 12.3. The third-order valence-corrected chi connectivity index (χ3v) is 16.0. The molecule has 0 saturated carbocycles. The Labute approximate surface area is 168 Å². The molecule has 0 spiro atoms. The summed E-state index contributed by atoms with van der Waals surface area (Å²) in [5, 5.41) is 0.702. The number of unbranched alkanes of at least 4 members (excludes halogenated alkanes) is 10. The maximum absolute atomic E-state index is 6.27. The van der Waals surface area contributed by atoms with Crippen molar-refractivity contribution in [3.63, 3.8) is 0 Å². The van der Waals surface area contributed by atoms with Crippen LogP contribution in [0, 0.1) is 0 Å². The minimum Gasteiger partial charge on any atom is -0.418 e.